The second kappa shape index (κ2) is 8.82. The third-order valence-corrected chi connectivity index (χ3v) is 3.35. The lowest BCUT2D eigenvalue weighted by molar-refractivity contribution is 0.107. The number of carbonyl (C=O) groups is 2. The Morgan fingerprint density at radius 2 is 1.24 bits per heavy atom. The van der Waals surface area contributed by atoms with Crippen LogP contribution in [0.1, 0.15) is 20.7 Å². The lowest BCUT2D eigenvalue weighted by Gasteiger charge is -1.98. The highest BCUT2D eigenvalue weighted by molar-refractivity contribution is 9.10. The Kier molecular flexibility index (Phi) is 7.43. The Hall–Kier alpha value is -1.36. The summed E-state index contributed by atoms with van der Waals surface area (Å²) in [4.78, 5) is 21.1. The smallest absolute Gasteiger partial charge is 0.252 e. The minimum atomic E-state index is -0.451. The largest absolute Gasteiger partial charge is 0.497 e. The van der Waals surface area contributed by atoms with Gasteiger partial charge >= 0.3 is 0 Å². The first kappa shape index (κ1) is 17.7. The maximum atomic E-state index is 10.6. The summed E-state index contributed by atoms with van der Waals surface area (Å²) in [7, 11) is 1.57. The van der Waals surface area contributed by atoms with Gasteiger partial charge in [0.25, 0.3) is 10.5 Å². The Morgan fingerprint density at radius 1 is 0.857 bits per heavy atom. The van der Waals surface area contributed by atoms with Crippen molar-refractivity contribution in [3.63, 3.8) is 0 Å². The Bertz CT molecular complexity index is 610. The van der Waals surface area contributed by atoms with E-state index in [1.807, 2.05) is 0 Å². The van der Waals surface area contributed by atoms with Crippen molar-refractivity contribution in [3.8, 4) is 5.75 Å². The quantitative estimate of drug-likeness (QED) is 0.701. The maximum Gasteiger partial charge on any atom is 0.252 e. The molecule has 0 heterocycles. The lowest BCUT2D eigenvalue weighted by Crippen LogP contribution is -1.88. The third-order valence-electron chi connectivity index (χ3n) is 2.39. The molecular formula is C15H11BrCl2O3. The molecule has 0 spiro atoms. The number of benzene rings is 2. The highest BCUT2D eigenvalue weighted by Crippen LogP contribution is 2.12. The number of halogens is 3. The van der Waals surface area contributed by atoms with Crippen molar-refractivity contribution in [2.75, 3.05) is 7.11 Å². The minimum Gasteiger partial charge on any atom is -0.497 e. The summed E-state index contributed by atoms with van der Waals surface area (Å²) < 4.78 is 5.83. The molecule has 6 heteroatoms. The van der Waals surface area contributed by atoms with Crippen molar-refractivity contribution in [1.82, 2.24) is 0 Å². The van der Waals surface area contributed by atoms with Gasteiger partial charge in [-0.2, -0.15) is 0 Å². The molecule has 0 radical (unpaired) electrons. The number of methoxy groups -OCH3 is 1. The van der Waals surface area contributed by atoms with Gasteiger partial charge in [0, 0.05) is 15.6 Å². The van der Waals surface area contributed by atoms with E-state index in [1.165, 1.54) is 0 Å². The van der Waals surface area contributed by atoms with Crippen LogP contribution in [0.5, 0.6) is 5.75 Å². The van der Waals surface area contributed by atoms with Crippen LogP contribution in [-0.2, 0) is 0 Å². The molecule has 0 aromatic heterocycles. The van der Waals surface area contributed by atoms with Gasteiger partial charge in [-0.3, -0.25) is 9.59 Å². The number of hydrogen-bond acceptors (Lipinski definition) is 3. The zero-order valence-electron chi connectivity index (χ0n) is 11.0. The molecule has 0 aliphatic carbocycles. The van der Waals surface area contributed by atoms with Crippen LogP contribution in [0.4, 0.5) is 0 Å². The van der Waals surface area contributed by atoms with Crippen LogP contribution in [0.25, 0.3) is 0 Å². The first-order chi connectivity index (χ1) is 9.93. The summed E-state index contributed by atoms with van der Waals surface area (Å²) in [5.74, 6) is 0.715. The molecule has 0 aliphatic heterocycles. The van der Waals surface area contributed by atoms with Crippen LogP contribution in [0.2, 0.25) is 0 Å². The summed E-state index contributed by atoms with van der Waals surface area (Å²) in [6.07, 6.45) is 0. The van der Waals surface area contributed by atoms with E-state index in [-0.39, 0.29) is 0 Å². The number of ether oxygens (including phenoxy) is 1. The molecule has 0 saturated carbocycles. The Balaban J connectivity index is 0.000000211. The van der Waals surface area contributed by atoms with E-state index in [1.54, 1.807) is 55.6 Å². The fourth-order valence-corrected chi connectivity index (χ4v) is 1.82. The van der Waals surface area contributed by atoms with E-state index in [9.17, 15) is 9.59 Å². The molecule has 0 atom stereocenters. The standard InChI is InChI=1S/C8H7ClO2.C7H4BrClO/c1-11-7-4-2-6(3-5-7)8(9)10;8-6-3-1-5(2-4-6)7(9)10/h2-5H,1H3;1-4H. The van der Waals surface area contributed by atoms with Crippen LogP contribution in [0.15, 0.2) is 53.0 Å². The highest BCUT2D eigenvalue weighted by atomic mass is 79.9. The molecule has 2 aromatic carbocycles. The van der Waals surface area contributed by atoms with Crippen molar-refractivity contribution in [1.29, 1.82) is 0 Å². The molecule has 0 fully saturated rings. The molecular weight excluding hydrogens is 379 g/mol. The fourth-order valence-electron chi connectivity index (χ4n) is 1.30. The lowest BCUT2D eigenvalue weighted by atomic mass is 10.2. The first-order valence-corrected chi connectivity index (χ1v) is 7.28. The molecule has 21 heavy (non-hydrogen) atoms. The molecule has 0 N–H and O–H groups in total. The zero-order valence-corrected chi connectivity index (χ0v) is 14.1. The topological polar surface area (TPSA) is 43.4 Å². The SMILES string of the molecule is COc1ccc(C(=O)Cl)cc1.O=C(Cl)c1ccc(Br)cc1. The minimum absolute atomic E-state index is 0.424. The van der Waals surface area contributed by atoms with E-state index >= 15 is 0 Å². The molecule has 0 aliphatic rings. The van der Waals surface area contributed by atoms with Gasteiger partial charge in [0.2, 0.25) is 0 Å². The molecule has 2 aromatic rings. The van der Waals surface area contributed by atoms with Crippen LogP contribution < -0.4 is 4.74 Å². The van der Waals surface area contributed by atoms with Crippen molar-refractivity contribution in [2.45, 2.75) is 0 Å². The molecule has 3 nitrogen and oxygen atoms in total. The van der Waals surface area contributed by atoms with E-state index in [0.29, 0.717) is 16.9 Å². The highest BCUT2D eigenvalue weighted by Gasteiger charge is 2.00. The van der Waals surface area contributed by atoms with Gasteiger partial charge < -0.3 is 4.74 Å². The van der Waals surface area contributed by atoms with E-state index < -0.39 is 10.5 Å². The first-order valence-electron chi connectivity index (χ1n) is 5.73. The second-order valence-electron chi connectivity index (χ2n) is 3.78. The Labute approximate surface area is 140 Å². The summed E-state index contributed by atoms with van der Waals surface area (Å²) in [6.45, 7) is 0. The third kappa shape index (κ3) is 6.29. The number of carbonyl (C=O) groups excluding carboxylic acids is 2. The molecule has 0 amide bonds. The van der Waals surface area contributed by atoms with Gasteiger partial charge in [-0.15, -0.1) is 0 Å². The van der Waals surface area contributed by atoms with Gasteiger partial charge in [-0.05, 0) is 71.7 Å². The fraction of sp³-hybridized carbons (Fsp3) is 0.0667. The predicted molar refractivity (Wildman–Crippen MR) is 87.5 cm³/mol. The summed E-state index contributed by atoms with van der Waals surface area (Å²) in [5.41, 5.74) is 0.998. The average molecular weight is 390 g/mol. The van der Waals surface area contributed by atoms with Crippen molar-refractivity contribution in [2.24, 2.45) is 0 Å². The molecule has 110 valence electrons. The van der Waals surface area contributed by atoms with E-state index in [4.69, 9.17) is 27.9 Å². The Morgan fingerprint density at radius 3 is 1.57 bits per heavy atom. The van der Waals surface area contributed by atoms with Crippen LogP contribution in [0, 0.1) is 0 Å². The molecule has 0 bridgehead atoms. The normalized spacial score (nSPS) is 9.33. The van der Waals surface area contributed by atoms with Crippen molar-refractivity contribution in [3.05, 3.63) is 64.1 Å². The predicted octanol–water partition coefficient (Wildman–Crippen LogP) is 4.90. The summed E-state index contributed by atoms with van der Waals surface area (Å²) in [6, 6.07) is 13.5. The van der Waals surface area contributed by atoms with Gasteiger partial charge in [0.1, 0.15) is 5.75 Å². The second-order valence-corrected chi connectivity index (χ2v) is 5.39. The molecule has 0 unspecified atom stereocenters. The zero-order chi connectivity index (χ0) is 15.8. The van der Waals surface area contributed by atoms with Gasteiger partial charge in [0.05, 0.1) is 7.11 Å². The van der Waals surface area contributed by atoms with Crippen LogP contribution >= 0.6 is 39.1 Å². The number of hydrogen-bond donors (Lipinski definition) is 0. The van der Waals surface area contributed by atoms with Crippen molar-refractivity contribution < 1.29 is 14.3 Å². The number of rotatable bonds is 3. The van der Waals surface area contributed by atoms with E-state index in [0.717, 1.165) is 4.47 Å². The van der Waals surface area contributed by atoms with Crippen molar-refractivity contribution >= 4 is 49.6 Å². The maximum absolute atomic E-state index is 10.6. The van der Waals surface area contributed by atoms with Gasteiger partial charge in [-0.1, -0.05) is 15.9 Å². The monoisotopic (exact) mass is 388 g/mol. The van der Waals surface area contributed by atoms with Crippen LogP contribution in [0.3, 0.4) is 0 Å². The molecule has 0 saturated heterocycles. The summed E-state index contributed by atoms with van der Waals surface area (Å²) in [5, 5.41) is -0.875. The molecule has 2 rings (SSSR count). The average Bonchev–Trinajstić information content (AvgIpc) is 2.48. The van der Waals surface area contributed by atoms with E-state index in [2.05, 4.69) is 15.9 Å². The van der Waals surface area contributed by atoms with Gasteiger partial charge in [0.15, 0.2) is 0 Å². The summed E-state index contributed by atoms with van der Waals surface area (Å²) >= 11 is 13.7. The van der Waals surface area contributed by atoms with Crippen LogP contribution in [-0.4, -0.2) is 17.6 Å². The van der Waals surface area contributed by atoms with Gasteiger partial charge in [-0.25, -0.2) is 0 Å².